The summed E-state index contributed by atoms with van der Waals surface area (Å²) < 4.78 is 14.9. The van der Waals surface area contributed by atoms with E-state index in [1.807, 2.05) is 0 Å². The monoisotopic (exact) mass is 454 g/mol. The zero-order valence-corrected chi connectivity index (χ0v) is 17.7. The highest BCUT2D eigenvalue weighted by Gasteiger charge is 2.47. The number of fused-ring (bicyclic) bond motifs is 4. The molecule has 1 fully saturated rings. The molecule has 2 bridgehead atoms. The van der Waals surface area contributed by atoms with Gasteiger partial charge in [-0.05, 0) is 54.5 Å². The molecule has 2 aliphatic carbocycles. The number of halogens is 2. The Bertz CT molecular complexity index is 1280. The zero-order valence-electron chi connectivity index (χ0n) is 16.9. The SMILES string of the molecule is O=C(Nc1cc(Cl)c(-c2cncc(CO)c2)cc1F)C1[C@H]2CC[C@H]1c1n[nH]c(=O)cc1C2. The molecule has 3 aromatic rings. The minimum Gasteiger partial charge on any atom is -0.392 e. The molecule has 2 aromatic heterocycles. The number of amides is 1. The molecule has 0 spiro atoms. The molecule has 0 saturated heterocycles. The number of aromatic nitrogens is 3. The van der Waals surface area contributed by atoms with Gasteiger partial charge in [0.05, 0.1) is 23.0 Å². The van der Waals surface area contributed by atoms with Gasteiger partial charge >= 0.3 is 0 Å². The van der Waals surface area contributed by atoms with E-state index in [0.717, 1.165) is 24.1 Å². The van der Waals surface area contributed by atoms with Crippen molar-refractivity contribution in [2.24, 2.45) is 11.8 Å². The lowest BCUT2D eigenvalue weighted by atomic mass is 9.77. The number of hydrogen-bond acceptors (Lipinski definition) is 5. The van der Waals surface area contributed by atoms with E-state index in [-0.39, 0.29) is 46.5 Å². The smallest absolute Gasteiger partial charge is 0.264 e. The maximum absolute atomic E-state index is 14.9. The summed E-state index contributed by atoms with van der Waals surface area (Å²) in [5, 5.41) is 18.9. The van der Waals surface area contributed by atoms with Gasteiger partial charge < -0.3 is 10.4 Å². The molecule has 7 nitrogen and oxygen atoms in total. The van der Waals surface area contributed by atoms with Gasteiger partial charge in [-0.15, -0.1) is 0 Å². The van der Waals surface area contributed by atoms with Crippen LogP contribution < -0.4 is 10.9 Å². The first-order chi connectivity index (χ1) is 15.4. The van der Waals surface area contributed by atoms with Gasteiger partial charge in [-0.3, -0.25) is 14.6 Å². The Morgan fingerprint density at radius 2 is 2.09 bits per heavy atom. The minimum absolute atomic E-state index is 0.00893. The average Bonchev–Trinajstić information content (AvgIpc) is 3.11. The largest absolute Gasteiger partial charge is 0.392 e. The van der Waals surface area contributed by atoms with Crippen molar-refractivity contribution < 1.29 is 14.3 Å². The van der Waals surface area contributed by atoms with E-state index in [1.165, 1.54) is 24.5 Å². The van der Waals surface area contributed by atoms with Gasteiger partial charge in [-0.25, -0.2) is 9.49 Å². The minimum atomic E-state index is -0.613. The molecular formula is C23H20ClFN4O3. The maximum Gasteiger partial charge on any atom is 0.264 e. The molecule has 32 heavy (non-hydrogen) atoms. The summed E-state index contributed by atoms with van der Waals surface area (Å²) in [5.41, 5.74) is 2.98. The highest BCUT2D eigenvalue weighted by atomic mass is 35.5. The summed E-state index contributed by atoms with van der Waals surface area (Å²) in [4.78, 5) is 28.8. The number of rotatable bonds is 4. The van der Waals surface area contributed by atoms with Gasteiger partial charge in [0, 0.05) is 41.4 Å². The number of aromatic amines is 1. The molecule has 1 saturated carbocycles. The molecule has 2 heterocycles. The normalized spacial score (nSPS) is 21.3. The number of hydrogen-bond donors (Lipinski definition) is 3. The predicted molar refractivity (Wildman–Crippen MR) is 117 cm³/mol. The quantitative estimate of drug-likeness (QED) is 0.559. The molecule has 3 atom stereocenters. The number of H-pyrrole nitrogens is 1. The molecule has 9 heteroatoms. The van der Waals surface area contributed by atoms with Gasteiger partial charge in [0.1, 0.15) is 5.82 Å². The van der Waals surface area contributed by atoms with Crippen molar-refractivity contribution in [3.05, 3.63) is 74.7 Å². The standard InChI is InChI=1S/C23H20ClFN4O3/c24-17-7-19(18(25)6-16(17)14-3-11(10-30)8-26-9-14)27-23(32)21-12-1-2-15(21)22-13(4-12)5-20(31)28-29-22/h3,5-9,12,15,21,30H,1-2,4,10H2,(H,27,32)(H,28,31)/t12-,15+,21?/m0/s1. The van der Waals surface area contributed by atoms with Crippen LogP contribution in [0.5, 0.6) is 0 Å². The Morgan fingerprint density at radius 1 is 1.25 bits per heavy atom. The van der Waals surface area contributed by atoms with Crippen LogP contribution in [0.2, 0.25) is 5.02 Å². The molecule has 0 radical (unpaired) electrons. The van der Waals surface area contributed by atoms with Gasteiger partial charge in [0.15, 0.2) is 0 Å². The Kier molecular flexibility index (Phi) is 5.27. The second-order valence-electron chi connectivity index (χ2n) is 8.36. The number of aliphatic hydroxyl groups excluding tert-OH is 1. The second-order valence-corrected chi connectivity index (χ2v) is 8.76. The molecule has 1 amide bonds. The fraction of sp³-hybridized carbons (Fsp3) is 0.304. The van der Waals surface area contributed by atoms with Gasteiger partial charge in [-0.2, -0.15) is 5.10 Å². The maximum atomic E-state index is 14.9. The van der Waals surface area contributed by atoms with E-state index in [1.54, 1.807) is 12.1 Å². The van der Waals surface area contributed by atoms with Crippen LogP contribution in [0.25, 0.3) is 11.1 Å². The summed E-state index contributed by atoms with van der Waals surface area (Å²) in [6, 6.07) is 5.89. The van der Waals surface area contributed by atoms with Crippen LogP contribution in [-0.4, -0.2) is 26.2 Å². The van der Waals surface area contributed by atoms with E-state index in [2.05, 4.69) is 20.5 Å². The van der Waals surface area contributed by atoms with E-state index >= 15 is 0 Å². The first kappa shape index (κ1) is 20.8. The van der Waals surface area contributed by atoms with Crippen molar-refractivity contribution in [3.63, 3.8) is 0 Å². The Hall–Kier alpha value is -3.10. The summed E-state index contributed by atoms with van der Waals surface area (Å²) >= 11 is 6.40. The van der Waals surface area contributed by atoms with Crippen molar-refractivity contribution in [2.45, 2.75) is 31.8 Å². The molecule has 3 N–H and O–H groups in total. The first-order valence-corrected chi connectivity index (χ1v) is 10.8. The van der Waals surface area contributed by atoms with Crippen LogP contribution in [0.3, 0.4) is 0 Å². The molecule has 1 aromatic carbocycles. The van der Waals surface area contributed by atoms with E-state index in [4.69, 9.17) is 11.6 Å². The zero-order chi connectivity index (χ0) is 22.4. The number of carbonyl (C=O) groups is 1. The average molecular weight is 455 g/mol. The molecule has 2 aliphatic rings. The summed E-state index contributed by atoms with van der Waals surface area (Å²) in [5.74, 6) is -1.25. The van der Waals surface area contributed by atoms with Crippen LogP contribution in [-0.2, 0) is 17.8 Å². The number of carbonyl (C=O) groups excluding carboxylic acids is 1. The van der Waals surface area contributed by atoms with Crippen molar-refractivity contribution in [3.8, 4) is 11.1 Å². The third-order valence-corrected chi connectivity index (χ3v) is 6.76. The number of nitrogens with zero attached hydrogens (tertiary/aromatic N) is 2. The summed E-state index contributed by atoms with van der Waals surface area (Å²) in [6.45, 7) is -0.190. The molecule has 1 unspecified atom stereocenters. The van der Waals surface area contributed by atoms with Crippen molar-refractivity contribution in [1.82, 2.24) is 15.2 Å². The van der Waals surface area contributed by atoms with Gasteiger partial charge in [-0.1, -0.05) is 11.6 Å². The molecule has 5 rings (SSSR count). The Morgan fingerprint density at radius 3 is 2.91 bits per heavy atom. The fourth-order valence-corrected chi connectivity index (χ4v) is 5.31. The third-order valence-electron chi connectivity index (χ3n) is 6.45. The number of aliphatic hydroxyl groups is 1. The van der Waals surface area contributed by atoms with Crippen LogP contribution in [0.4, 0.5) is 10.1 Å². The van der Waals surface area contributed by atoms with Crippen LogP contribution in [0.1, 0.15) is 35.6 Å². The molecular weight excluding hydrogens is 435 g/mol. The number of nitrogens with one attached hydrogen (secondary N) is 2. The topological polar surface area (TPSA) is 108 Å². The van der Waals surface area contributed by atoms with Gasteiger partial charge in [0.25, 0.3) is 5.56 Å². The van der Waals surface area contributed by atoms with E-state index in [0.29, 0.717) is 23.1 Å². The van der Waals surface area contributed by atoms with E-state index in [9.17, 15) is 19.1 Å². The first-order valence-electron chi connectivity index (χ1n) is 10.4. The highest BCUT2D eigenvalue weighted by molar-refractivity contribution is 6.33. The lowest BCUT2D eigenvalue weighted by molar-refractivity contribution is -0.121. The molecule has 164 valence electrons. The predicted octanol–water partition coefficient (Wildman–Crippen LogP) is 3.42. The number of anilines is 1. The van der Waals surface area contributed by atoms with Crippen molar-refractivity contribution >= 4 is 23.2 Å². The fourth-order valence-electron chi connectivity index (χ4n) is 5.03. The third kappa shape index (κ3) is 3.59. The summed E-state index contributed by atoms with van der Waals surface area (Å²) in [7, 11) is 0. The van der Waals surface area contributed by atoms with E-state index < -0.39 is 5.82 Å². The lowest BCUT2D eigenvalue weighted by Gasteiger charge is -2.30. The van der Waals surface area contributed by atoms with Gasteiger partial charge in [0.2, 0.25) is 5.91 Å². The highest BCUT2D eigenvalue weighted by Crippen LogP contribution is 2.49. The Balaban J connectivity index is 1.41. The number of benzene rings is 1. The second kappa shape index (κ2) is 8.11. The summed E-state index contributed by atoms with van der Waals surface area (Å²) in [6.07, 6.45) is 5.31. The number of pyridine rings is 1. The lowest BCUT2D eigenvalue weighted by Crippen LogP contribution is -2.35. The van der Waals surface area contributed by atoms with Crippen molar-refractivity contribution in [1.29, 1.82) is 0 Å². The van der Waals surface area contributed by atoms with Crippen molar-refractivity contribution in [2.75, 3.05) is 5.32 Å². The van der Waals surface area contributed by atoms with Crippen LogP contribution >= 0.6 is 11.6 Å². The van der Waals surface area contributed by atoms with Crippen LogP contribution in [0, 0.1) is 17.7 Å². The molecule has 0 aliphatic heterocycles. The van der Waals surface area contributed by atoms with Crippen LogP contribution in [0.15, 0.2) is 41.5 Å². The Labute approximate surface area is 187 Å².